The van der Waals surface area contributed by atoms with Gasteiger partial charge in [0.15, 0.2) is 5.11 Å². The molecule has 3 aromatic rings. The summed E-state index contributed by atoms with van der Waals surface area (Å²) < 4.78 is 5.81. The van der Waals surface area contributed by atoms with Crippen molar-refractivity contribution in [1.82, 2.24) is 5.32 Å². The first-order valence-electron chi connectivity index (χ1n) is 9.57. The number of para-hydroxylation sites is 1. The van der Waals surface area contributed by atoms with Crippen molar-refractivity contribution in [2.75, 3.05) is 11.9 Å². The van der Waals surface area contributed by atoms with Gasteiger partial charge in [-0.25, -0.2) is 0 Å². The number of anilines is 1. The molecule has 1 amide bonds. The van der Waals surface area contributed by atoms with Crippen molar-refractivity contribution >= 4 is 34.6 Å². The number of ether oxygens (including phenoxy) is 1. The quantitative estimate of drug-likeness (QED) is 0.319. The molecule has 158 valence electrons. The lowest BCUT2D eigenvalue weighted by molar-refractivity contribution is -0.383. The second-order valence-corrected chi connectivity index (χ2v) is 7.17. The van der Waals surface area contributed by atoms with E-state index in [9.17, 15) is 14.9 Å². The van der Waals surface area contributed by atoms with E-state index in [1.54, 1.807) is 43.3 Å². The van der Waals surface area contributed by atoms with Crippen LogP contribution in [-0.4, -0.2) is 22.5 Å². The molecule has 0 saturated carbocycles. The number of nitrogens with one attached hydrogen (secondary N) is 2. The van der Waals surface area contributed by atoms with Crippen molar-refractivity contribution < 1.29 is 14.5 Å². The summed E-state index contributed by atoms with van der Waals surface area (Å²) in [5, 5.41) is 16.5. The number of carbonyl (C=O) groups excluding carboxylic acids is 1. The maximum Gasteiger partial charge on any atom is 0.292 e. The van der Waals surface area contributed by atoms with Crippen molar-refractivity contribution in [2.24, 2.45) is 0 Å². The first kappa shape index (κ1) is 21.9. The Kier molecular flexibility index (Phi) is 7.29. The minimum Gasteiger partial charge on any atom is -0.492 e. The second-order valence-electron chi connectivity index (χ2n) is 6.77. The maximum atomic E-state index is 12.7. The molecule has 31 heavy (non-hydrogen) atoms. The van der Waals surface area contributed by atoms with Gasteiger partial charge in [-0.05, 0) is 48.5 Å². The van der Waals surface area contributed by atoms with E-state index in [0.29, 0.717) is 24.3 Å². The summed E-state index contributed by atoms with van der Waals surface area (Å²) in [6, 6.07) is 21.4. The van der Waals surface area contributed by atoms with Gasteiger partial charge in [-0.2, -0.15) is 0 Å². The van der Waals surface area contributed by atoms with Gasteiger partial charge in [-0.15, -0.1) is 0 Å². The van der Waals surface area contributed by atoms with E-state index in [-0.39, 0.29) is 16.5 Å². The molecule has 0 saturated heterocycles. The molecule has 0 radical (unpaired) electrons. The Labute approximate surface area is 185 Å². The molecule has 0 aliphatic carbocycles. The second kappa shape index (κ2) is 10.3. The molecule has 0 atom stereocenters. The smallest absolute Gasteiger partial charge is 0.292 e. The van der Waals surface area contributed by atoms with Crippen LogP contribution >= 0.6 is 12.2 Å². The van der Waals surface area contributed by atoms with Crippen molar-refractivity contribution in [3.05, 3.63) is 99.6 Å². The minimum absolute atomic E-state index is 0.0453. The predicted octanol–water partition coefficient (Wildman–Crippen LogP) is 4.65. The molecule has 0 aromatic heterocycles. The van der Waals surface area contributed by atoms with Gasteiger partial charge in [-0.1, -0.05) is 48.5 Å². The summed E-state index contributed by atoms with van der Waals surface area (Å²) in [5.74, 6) is -0.0392. The Morgan fingerprint density at radius 1 is 1.06 bits per heavy atom. The van der Waals surface area contributed by atoms with Crippen LogP contribution in [0.4, 0.5) is 11.4 Å². The highest BCUT2D eigenvalue weighted by Crippen LogP contribution is 2.25. The summed E-state index contributed by atoms with van der Waals surface area (Å²) >= 11 is 5.18. The molecule has 3 aromatic carbocycles. The highest BCUT2D eigenvalue weighted by atomic mass is 32.1. The van der Waals surface area contributed by atoms with Crippen LogP contribution in [-0.2, 0) is 6.42 Å². The summed E-state index contributed by atoms with van der Waals surface area (Å²) in [5.41, 5.74) is 2.27. The van der Waals surface area contributed by atoms with E-state index in [1.165, 1.54) is 6.07 Å². The van der Waals surface area contributed by atoms with E-state index in [0.717, 1.165) is 11.1 Å². The largest absolute Gasteiger partial charge is 0.492 e. The topological polar surface area (TPSA) is 93.5 Å². The average molecular weight is 436 g/mol. The molecule has 8 heteroatoms. The van der Waals surface area contributed by atoms with E-state index in [2.05, 4.69) is 10.6 Å². The molecule has 0 aliphatic heterocycles. The Morgan fingerprint density at radius 2 is 1.77 bits per heavy atom. The molecular weight excluding hydrogens is 414 g/mol. The van der Waals surface area contributed by atoms with Gasteiger partial charge >= 0.3 is 0 Å². The molecule has 0 unspecified atom stereocenters. The number of nitro groups is 1. The summed E-state index contributed by atoms with van der Waals surface area (Å²) in [6.07, 6.45) is 0.702. The fourth-order valence-electron chi connectivity index (χ4n) is 2.93. The number of rotatable bonds is 7. The molecule has 0 aliphatic rings. The molecule has 3 rings (SSSR count). The zero-order valence-electron chi connectivity index (χ0n) is 16.8. The Morgan fingerprint density at radius 3 is 2.52 bits per heavy atom. The maximum absolute atomic E-state index is 12.7. The Bertz CT molecular complexity index is 1100. The van der Waals surface area contributed by atoms with Crippen LogP contribution in [0.1, 0.15) is 21.5 Å². The molecule has 0 fully saturated rings. The lowest BCUT2D eigenvalue weighted by Crippen LogP contribution is -2.34. The summed E-state index contributed by atoms with van der Waals surface area (Å²) in [6.45, 7) is 2.16. The third kappa shape index (κ3) is 6.10. The highest BCUT2D eigenvalue weighted by Gasteiger charge is 2.17. The Balaban J connectivity index is 1.64. The number of nitro benzene ring substituents is 1. The third-order valence-electron chi connectivity index (χ3n) is 4.45. The van der Waals surface area contributed by atoms with E-state index >= 15 is 0 Å². The molecule has 7 nitrogen and oxygen atoms in total. The van der Waals surface area contributed by atoms with Gasteiger partial charge in [0.2, 0.25) is 0 Å². The number of carbonyl (C=O) groups is 1. The lowest BCUT2D eigenvalue weighted by Gasteiger charge is -2.13. The van der Waals surface area contributed by atoms with E-state index in [4.69, 9.17) is 17.0 Å². The van der Waals surface area contributed by atoms with Crippen LogP contribution in [0, 0.1) is 17.0 Å². The number of benzene rings is 3. The molecule has 0 spiro atoms. The summed E-state index contributed by atoms with van der Waals surface area (Å²) in [4.78, 5) is 23.5. The van der Waals surface area contributed by atoms with Gasteiger partial charge in [0.25, 0.3) is 11.6 Å². The van der Waals surface area contributed by atoms with Crippen molar-refractivity contribution in [2.45, 2.75) is 13.3 Å². The standard InChI is InChI=1S/C23H21N3O4S/c1-16-11-12-19(20(15-16)26(28)29)24-23(31)25-22(27)18-9-5-6-10-21(18)30-14-13-17-7-3-2-4-8-17/h2-12,15H,13-14H2,1H3,(H2,24,25,27,31). The van der Waals surface area contributed by atoms with Crippen LogP contribution in [0.15, 0.2) is 72.8 Å². The van der Waals surface area contributed by atoms with Crippen LogP contribution in [0.5, 0.6) is 5.75 Å². The fourth-order valence-corrected chi connectivity index (χ4v) is 3.13. The molecular formula is C23H21N3O4S. The Hall–Kier alpha value is -3.78. The molecule has 0 bridgehead atoms. The number of nitrogens with zero attached hydrogens (tertiary/aromatic N) is 1. The average Bonchev–Trinajstić information content (AvgIpc) is 2.76. The minimum atomic E-state index is -0.504. The predicted molar refractivity (Wildman–Crippen MR) is 124 cm³/mol. The van der Waals surface area contributed by atoms with Gasteiger partial charge in [0.05, 0.1) is 17.1 Å². The van der Waals surface area contributed by atoms with Crippen molar-refractivity contribution in [3.63, 3.8) is 0 Å². The molecule has 2 N–H and O–H groups in total. The van der Waals surface area contributed by atoms with Crippen molar-refractivity contribution in [1.29, 1.82) is 0 Å². The summed E-state index contributed by atoms with van der Waals surface area (Å²) in [7, 11) is 0. The lowest BCUT2D eigenvalue weighted by atomic mass is 10.1. The van der Waals surface area contributed by atoms with Gasteiger partial charge in [-0.3, -0.25) is 20.2 Å². The van der Waals surface area contributed by atoms with Crippen LogP contribution in [0.25, 0.3) is 0 Å². The zero-order valence-corrected chi connectivity index (χ0v) is 17.6. The fraction of sp³-hybridized carbons (Fsp3) is 0.130. The number of hydrogen-bond acceptors (Lipinski definition) is 5. The number of hydrogen-bond donors (Lipinski definition) is 2. The third-order valence-corrected chi connectivity index (χ3v) is 4.65. The first-order valence-corrected chi connectivity index (χ1v) is 9.98. The highest BCUT2D eigenvalue weighted by molar-refractivity contribution is 7.80. The van der Waals surface area contributed by atoms with Gasteiger partial charge in [0, 0.05) is 12.5 Å². The normalized spacial score (nSPS) is 10.2. The number of aryl methyl sites for hydroxylation is 1. The van der Waals surface area contributed by atoms with Crippen LogP contribution in [0.2, 0.25) is 0 Å². The van der Waals surface area contributed by atoms with Crippen molar-refractivity contribution in [3.8, 4) is 5.75 Å². The first-order chi connectivity index (χ1) is 14.9. The van der Waals surface area contributed by atoms with Crippen LogP contribution in [0.3, 0.4) is 0 Å². The van der Waals surface area contributed by atoms with Gasteiger partial charge < -0.3 is 10.1 Å². The van der Waals surface area contributed by atoms with Crippen LogP contribution < -0.4 is 15.4 Å². The van der Waals surface area contributed by atoms with E-state index in [1.807, 2.05) is 30.3 Å². The zero-order chi connectivity index (χ0) is 22.2. The number of thiocarbonyl (C=S) groups is 1. The SMILES string of the molecule is Cc1ccc(NC(=S)NC(=O)c2ccccc2OCCc2ccccc2)c([N+](=O)[O-])c1. The molecule has 0 heterocycles. The number of amides is 1. The van der Waals surface area contributed by atoms with E-state index < -0.39 is 10.8 Å². The monoisotopic (exact) mass is 435 g/mol. The van der Waals surface area contributed by atoms with Gasteiger partial charge in [0.1, 0.15) is 11.4 Å².